The Balaban J connectivity index is 2.58. The van der Waals surface area contributed by atoms with Gasteiger partial charge >= 0.3 is 5.97 Å². The molecule has 98 valence electrons. The first-order chi connectivity index (χ1) is 8.33. The van der Waals surface area contributed by atoms with Crippen LogP contribution in [0.25, 0.3) is 0 Å². The topological polar surface area (TPSA) is 66.4 Å². The van der Waals surface area contributed by atoms with Crippen LogP contribution in [0.1, 0.15) is 38.8 Å². The highest BCUT2D eigenvalue weighted by Crippen LogP contribution is 2.21. The van der Waals surface area contributed by atoms with Gasteiger partial charge in [0.2, 0.25) is 5.91 Å². The third kappa shape index (κ3) is 3.87. The third-order valence-electron chi connectivity index (χ3n) is 2.86. The van der Waals surface area contributed by atoms with Crippen LogP contribution in [-0.2, 0) is 9.59 Å². The number of benzene rings is 1. The fourth-order valence-electron chi connectivity index (χ4n) is 1.59. The number of hydrogen-bond donors (Lipinski definition) is 2. The second kappa shape index (κ2) is 5.67. The van der Waals surface area contributed by atoms with Crippen molar-refractivity contribution in [1.82, 2.24) is 5.32 Å². The van der Waals surface area contributed by atoms with E-state index in [4.69, 9.17) is 5.11 Å². The zero-order valence-electron chi connectivity index (χ0n) is 10.9. The molecule has 0 spiro atoms. The predicted molar refractivity (Wildman–Crippen MR) is 69.0 cm³/mol. The van der Waals surface area contributed by atoms with Crippen LogP contribution in [-0.4, -0.2) is 17.0 Å². The Kier molecular flexibility index (Phi) is 4.48. The second-order valence-corrected chi connectivity index (χ2v) is 5.07. The first-order valence-corrected chi connectivity index (χ1v) is 5.90. The molecule has 4 heteroatoms. The monoisotopic (exact) mass is 249 g/mol. The molecule has 1 amide bonds. The standard InChI is InChI=1S/C14H19NO3/c1-10(11-7-5-4-6-8-11)15-12(16)9-14(2,3)13(17)18/h4-8,10H,9H2,1-3H3,(H,15,16)(H,17,18)/t10-/m1/s1. The minimum Gasteiger partial charge on any atom is -0.481 e. The minimum absolute atomic E-state index is 0.0283. The molecule has 0 saturated carbocycles. The minimum atomic E-state index is -1.04. The number of hydrogen-bond acceptors (Lipinski definition) is 2. The molecule has 0 heterocycles. The van der Waals surface area contributed by atoms with E-state index in [9.17, 15) is 9.59 Å². The molecule has 4 nitrogen and oxygen atoms in total. The molecule has 0 aliphatic heterocycles. The van der Waals surface area contributed by atoms with Gasteiger partial charge in [0.1, 0.15) is 0 Å². The first kappa shape index (κ1) is 14.2. The van der Waals surface area contributed by atoms with E-state index in [2.05, 4.69) is 5.32 Å². The summed E-state index contributed by atoms with van der Waals surface area (Å²) < 4.78 is 0. The van der Waals surface area contributed by atoms with Crippen LogP contribution in [0.5, 0.6) is 0 Å². The van der Waals surface area contributed by atoms with Crippen LogP contribution in [0.2, 0.25) is 0 Å². The lowest BCUT2D eigenvalue weighted by Gasteiger charge is -2.20. The van der Waals surface area contributed by atoms with E-state index in [1.807, 2.05) is 37.3 Å². The van der Waals surface area contributed by atoms with Crippen LogP contribution < -0.4 is 5.32 Å². The van der Waals surface area contributed by atoms with Gasteiger partial charge in [-0.2, -0.15) is 0 Å². The van der Waals surface area contributed by atoms with Crippen molar-refractivity contribution >= 4 is 11.9 Å². The van der Waals surface area contributed by atoms with Crippen molar-refractivity contribution in [2.24, 2.45) is 5.41 Å². The van der Waals surface area contributed by atoms with Crippen molar-refractivity contribution in [3.8, 4) is 0 Å². The highest BCUT2D eigenvalue weighted by Gasteiger charge is 2.30. The molecule has 0 aromatic heterocycles. The van der Waals surface area contributed by atoms with E-state index in [1.165, 1.54) is 0 Å². The molecule has 0 aliphatic rings. The molecule has 1 aromatic rings. The Hall–Kier alpha value is -1.84. The average Bonchev–Trinajstić information content (AvgIpc) is 2.29. The molecule has 0 saturated heterocycles. The van der Waals surface area contributed by atoms with Crippen LogP contribution in [0.15, 0.2) is 30.3 Å². The van der Waals surface area contributed by atoms with E-state index < -0.39 is 11.4 Å². The average molecular weight is 249 g/mol. The van der Waals surface area contributed by atoms with Crippen molar-refractivity contribution < 1.29 is 14.7 Å². The summed E-state index contributed by atoms with van der Waals surface area (Å²) in [5.41, 5.74) is -0.0421. The molecule has 0 unspecified atom stereocenters. The summed E-state index contributed by atoms with van der Waals surface area (Å²) in [6.45, 7) is 4.96. The van der Waals surface area contributed by atoms with Gasteiger partial charge in [-0.15, -0.1) is 0 Å². The highest BCUT2D eigenvalue weighted by molar-refractivity contribution is 5.84. The number of aliphatic carboxylic acids is 1. The summed E-state index contributed by atoms with van der Waals surface area (Å²) in [5, 5.41) is 11.8. The fraction of sp³-hybridized carbons (Fsp3) is 0.429. The summed E-state index contributed by atoms with van der Waals surface area (Å²) in [4.78, 5) is 22.7. The zero-order chi connectivity index (χ0) is 13.8. The van der Waals surface area contributed by atoms with Gasteiger partial charge in [-0.3, -0.25) is 9.59 Å². The summed E-state index contributed by atoms with van der Waals surface area (Å²) in [6, 6.07) is 9.44. The normalized spacial score (nSPS) is 12.8. The molecule has 1 aromatic carbocycles. The highest BCUT2D eigenvalue weighted by atomic mass is 16.4. The van der Waals surface area contributed by atoms with E-state index in [1.54, 1.807) is 13.8 Å². The maximum Gasteiger partial charge on any atom is 0.309 e. The van der Waals surface area contributed by atoms with Gasteiger partial charge < -0.3 is 10.4 Å². The van der Waals surface area contributed by atoms with Crippen molar-refractivity contribution in [3.63, 3.8) is 0 Å². The maximum absolute atomic E-state index is 11.8. The summed E-state index contributed by atoms with van der Waals surface area (Å²) in [7, 11) is 0. The van der Waals surface area contributed by atoms with Gasteiger partial charge in [-0.1, -0.05) is 30.3 Å². The van der Waals surface area contributed by atoms with Gasteiger partial charge in [0, 0.05) is 6.42 Å². The molecule has 0 aliphatic carbocycles. The molecule has 1 rings (SSSR count). The van der Waals surface area contributed by atoms with Gasteiger partial charge in [-0.05, 0) is 26.3 Å². The van der Waals surface area contributed by atoms with Crippen molar-refractivity contribution in [2.45, 2.75) is 33.2 Å². The van der Waals surface area contributed by atoms with Crippen LogP contribution in [0, 0.1) is 5.41 Å². The lowest BCUT2D eigenvalue weighted by atomic mass is 9.89. The molecule has 2 N–H and O–H groups in total. The lowest BCUT2D eigenvalue weighted by Crippen LogP contribution is -2.34. The summed E-state index contributed by atoms with van der Waals surface area (Å²) >= 11 is 0. The number of rotatable bonds is 5. The first-order valence-electron chi connectivity index (χ1n) is 5.90. The quantitative estimate of drug-likeness (QED) is 0.841. The number of carbonyl (C=O) groups excluding carboxylic acids is 1. The maximum atomic E-state index is 11.8. The summed E-state index contributed by atoms with van der Waals surface area (Å²) in [6.07, 6.45) is -0.0283. The third-order valence-corrected chi connectivity index (χ3v) is 2.86. The molecule has 1 atom stereocenters. The fourth-order valence-corrected chi connectivity index (χ4v) is 1.59. The Labute approximate surface area is 107 Å². The Morgan fingerprint density at radius 3 is 2.33 bits per heavy atom. The predicted octanol–water partition coefficient (Wildman–Crippen LogP) is 2.36. The van der Waals surface area contributed by atoms with Crippen LogP contribution in [0.4, 0.5) is 0 Å². The van der Waals surface area contributed by atoms with Gasteiger partial charge in [0.25, 0.3) is 0 Å². The Morgan fingerprint density at radius 2 is 1.83 bits per heavy atom. The largest absolute Gasteiger partial charge is 0.481 e. The smallest absolute Gasteiger partial charge is 0.309 e. The van der Waals surface area contributed by atoms with Crippen LogP contribution >= 0.6 is 0 Å². The van der Waals surface area contributed by atoms with Crippen molar-refractivity contribution in [2.75, 3.05) is 0 Å². The van der Waals surface area contributed by atoms with Gasteiger partial charge in [-0.25, -0.2) is 0 Å². The molecule has 18 heavy (non-hydrogen) atoms. The molecule has 0 fully saturated rings. The number of amides is 1. The zero-order valence-corrected chi connectivity index (χ0v) is 10.9. The van der Waals surface area contributed by atoms with Crippen molar-refractivity contribution in [3.05, 3.63) is 35.9 Å². The van der Waals surface area contributed by atoms with Gasteiger partial charge in [0.05, 0.1) is 11.5 Å². The SMILES string of the molecule is C[C@@H](NC(=O)CC(C)(C)C(=O)O)c1ccccc1. The molecule has 0 radical (unpaired) electrons. The number of nitrogens with one attached hydrogen (secondary N) is 1. The Morgan fingerprint density at radius 1 is 1.28 bits per heavy atom. The molecular formula is C14H19NO3. The number of carboxylic acids is 1. The number of carbonyl (C=O) groups is 2. The molecular weight excluding hydrogens is 230 g/mol. The summed E-state index contributed by atoms with van der Waals surface area (Å²) in [5.74, 6) is -1.22. The Bertz CT molecular complexity index is 426. The van der Waals surface area contributed by atoms with Crippen LogP contribution in [0.3, 0.4) is 0 Å². The van der Waals surface area contributed by atoms with E-state index in [-0.39, 0.29) is 18.4 Å². The van der Waals surface area contributed by atoms with E-state index in [0.717, 1.165) is 5.56 Å². The van der Waals surface area contributed by atoms with Crippen molar-refractivity contribution in [1.29, 1.82) is 0 Å². The number of carboxylic acid groups (broad SMARTS) is 1. The molecule has 0 bridgehead atoms. The lowest BCUT2D eigenvalue weighted by molar-refractivity contribution is -0.149. The van der Waals surface area contributed by atoms with E-state index >= 15 is 0 Å². The van der Waals surface area contributed by atoms with E-state index in [0.29, 0.717) is 0 Å². The van der Waals surface area contributed by atoms with Gasteiger partial charge in [0.15, 0.2) is 0 Å². The second-order valence-electron chi connectivity index (χ2n) is 5.07.